The lowest BCUT2D eigenvalue weighted by Gasteiger charge is -2.21. The number of hydrogen-bond donors (Lipinski definition) is 2. The van der Waals surface area contributed by atoms with Crippen LogP contribution in [0.5, 0.6) is 0 Å². The number of carbonyl (C=O) groups is 1. The van der Waals surface area contributed by atoms with E-state index in [2.05, 4.69) is 25.5 Å². The number of carbonyl (C=O) groups excluding carboxylic acids is 1. The molecule has 2 atom stereocenters. The number of anilines is 1. The van der Waals surface area contributed by atoms with Crippen LogP contribution in [0.1, 0.15) is 30.7 Å². The molecule has 0 aliphatic heterocycles. The molecule has 2 N–H and O–H groups in total. The van der Waals surface area contributed by atoms with Crippen molar-refractivity contribution in [2.24, 2.45) is 0 Å². The largest absolute Gasteiger partial charge is 0.381 e. The van der Waals surface area contributed by atoms with Gasteiger partial charge in [0, 0.05) is 35.7 Å². The van der Waals surface area contributed by atoms with Crippen LogP contribution >= 0.6 is 11.6 Å². The van der Waals surface area contributed by atoms with Crippen molar-refractivity contribution in [2.45, 2.75) is 31.3 Å². The Kier molecular flexibility index (Phi) is 4.63. The number of aromatic amines is 1. The Morgan fingerprint density at radius 2 is 2.23 bits per heavy atom. The molecule has 30 heavy (non-hydrogen) atoms. The van der Waals surface area contributed by atoms with E-state index < -0.39 is 5.82 Å². The molecule has 154 valence electrons. The number of halogens is 2. The highest BCUT2D eigenvalue weighted by Crippen LogP contribution is 2.45. The van der Waals surface area contributed by atoms with Crippen LogP contribution < -0.4 is 5.32 Å². The Balaban J connectivity index is 1.70. The lowest BCUT2D eigenvalue weighted by Crippen LogP contribution is -2.16. The van der Waals surface area contributed by atoms with Gasteiger partial charge >= 0.3 is 0 Å². The minimum atomic E-state index is -0.479. The SMILES string of the molecule is COC1CCCC1c1c(F)c(Cl)c(-c2cn3cc(NC=O)nc3cn2)c2cn[nH]c12. The molecule has 0 spiro atoms. The van der Waals surface area contributed by atoms with E-state index >= 15 is 4.39 Å². The predicted molar refractivity (Wildman–Crippen MR) is 110 cm³/mol. The van der Waals surface area contributed by atoms with Crippen molar-refractivity contribution in [3.05, 3.63) is 41.2 Å². The molecule has 1 fully saturated rings. The molecule has 1 saturated carbocycles. The average Bonchev–Trinajstić information content (AvgIpc) is 3.48. The topological polar surface area (TPSA) is 97.2 Å². The number of fused-ring (bicyclic) bond motifs is 2. The molecule has 2 unspecified atom stereocenters. The predicted octanol–water partition coefficient (Wildman–Crippen LogP) is 3.92. The Bertz CT molecular complexity index is 1270. The third-order valence-corrected chi connectivity index (χ3v) is 6.11. The van der Waals surface area contributed by atoms with Gasteiger partial charge in [-0.05, 0) is 12.8 Å². The van der Waals surface area contributed by atoms with Crippen molar-refractivity contribution in [1.29, 1.82) is 0 Å². The number of methoxy groups -OCH3 is 1. The lowest BCUT2D eigenvalue weighted by atomic mass is 9.91. The zero-order valence-electron chi connectivity index (χ0n) is 16.0. The summed E-state index contributed by atoms with van der Waals surface area (Å²) in [7, 11) is 1.65. The van der Waals surface area contributed by atoms with E-state index in [1.807, 2.05) is 0 Å². The normalized spacial score (nSPS) is 19.0. The summed E-state index contributed by atoms with van der Waals surface area (Å²) in [5, 5.41) is 10.3. The Morgan fingerprint density at radius 1 is 1.37 bits per heavy atom. The fourth-order valence-corrected chi connectivity index (χ4v) is 4.73. The van der Waals surface area contributed by atoms with Crippen LogP contribution in [0, 0.1) is 5.82 Å². The fourth-order valence-electron chi connectivity index (χ4n) is 4.43. The van der Waals surface area contributed by atoms with E-state index in [0.29, 0.717) is 45.6 Å². The van der Waals surface area contributed by atoms with E-state index in [1.165, 1.54) is 6.20 Å². The molecule has 1 aromatic carbocycles. The van der Waals surface area contributed by atoms with E-state index in [-0.39, 0.29) is 17.0 Å². The summed E-state index contributed by atoms with van der Waals surface area (Å²) >= 11 is 6.56. The molecule has 0 bridgehead atoms. The number of rotatable bonds is 5. The number of aromatic nitrogens is 5. The first-order chi connectivity index (χ1) is 14.6. The summed E-state index contributed by atoms with van der Waals surface area (Å²) in [6.07, 6.45) is 9.67. The molecule has 10 heteroatoms. The number of benzene rings is 1. The van der Waals surface area contributed by atoms with E-state index in [4.69, 9.17) is 16.3 Å². The highest BCUT2D eigenvalue weighted by atomic mass is 35.5. The van der Waals surface area contributed by atoms with Crippen LogP contribution in [-0.4, -0.2) is 44.2 Å². The number of nitrogens with one attached hydrogen (secondary N) is 2. The second-order valence-electron chi connectivity index (χ2n) is 7.31. The van der Waals surface area contributed by atoms with Crippen molar-refractivity contribution in [3.63, 3.8) is 0 Å². The molecule has 0 radical (unpaired) electrons. The summed E-state index contributed by atoms with van der Waals surface area (Å²) in [5.74, 6) is -0.185. The molecule has 1 aliphatic carbocycles. The maximum absolute atomic E-state index is 15.6. The van der Waals surface area contributed by atoms with Gasteiger partial charge in [-0.25, -0.2) is 9.37 Å². The minimum absolute atomic E-state index is 0.00106. The first-order valence-electron chi connectivity index (χ1n) is 9.54. The molecule has 4 aromatic rings. The lowest BCUT2D eigenvalue weighted by molar-refractivity contribution is -0.105. The van der Waals surface area contributed by atoms with Crippen molar-refractivity contribution >= 4 is 40.4 Å². The summed E-state index contributed by atoms with van der Waals surface area (Å²) < 4.78 is 22.9. The molecule has 3 heterocycles. The number of nitrogens with zero attached hydrogens (tertiary/aromatic N) is 4. The summed E-state index contributed by atoms with van der Waals surface area (Å²) in [4.78, 5) is 19.3. The van der Waals surface area contributed by atoms with Gasteiger partial charge in [-0.2, -0.15) is 5.10 Å². The van der Waals surface area contributed by atoms with Crippen LogP contribution in [0.15, 0.2) is 24.8 Å². The van der Waals surface area contributed by atoms with Crippen LogP contribution in [0.4, 0.5) is 10.2 Å². The summed E-state index contributed by atoms with van der Waals surface area (Å²) in [6, 6.07) is 0. The molecule has 8 nitrogen and oxygen atoms in total. The van der Waals surface area contributed by atoms with Crippen LogP contribution in [0.3, 0.4) is 0 Å². The molecular formula is C20H18ClFN6O2. The van der Waals surface area contributed by atoms with Crippen molar-refractivity contribution in [2.75, 3.05) is 12.4 Å². The number of H-pyrrole nitrogens is 1. The van der Waals surface area contributed by atoms with Gasteiger partial charge in [-0.15, -0.1) is 0 Å². The van der Waals surface area contributed by atoms with Crippen molar-refractivity contribution < 1.29 is 13.9 Å². The van der Waals surface area contributed by atoms with Crippen molar-refractivity contribution in [1.82, 2.24) is 24.6 Å². The standard InChI is InChI=1S/C20H18ClFN6O2/c1-30-13-4-2-3-10(13)17-19(22)18(21)16(11-5-25-27-20(11)17)12-7-28-8-14(24-9-29)26-15(28)6-23-12/h5-10,13H,2-4H2,1H3,(H,24,29)(H,25,27). The van der Waals surface area contributed by atoms with E-state index in [0.717, 1.165) is 19.3 Å². The smallest absolute Gasteiger partial charge is 0.212 e. The zero-order chi connectivity index (χ0) is 20.8. The van der Waals surface area contributed by atoms with Gasteiger partial charge < -0.3 is 14.5 Å². The maximum atomic E-state index is 15.6. The minimum Gasteiger partial charge on any atom is -0.381 e. The first-order valence-corrected chi connectivity index (χ1v) is 9.92. The van der Waals surface area contributed by atoms with Gasteiger partial charge in [-0.3, -0.25) is 14.9 Å². The summed E-state index contributed by atoms with van der Waals surface area (Å²) in [5.41, 5.74) is 2.58. The highest BCUT2D eigenvalue weighted by Gasteiger charge is 2.34. The van der Waals surface area contributed by atoms with Gasteiger partial charge in [0.25, 0.3) is 0 Å². The van der Waals surface area contributed by atoms with Gasteiger partial charge in [-0.1, -0.05) is 18.0 Å². The van der Waals surface area contributed by atoms with Crippen molar-refractivity contribution in [3.8, 4) is 11.3 Å². The van der Waals surface area contributed by atoms with Gasteiger partial charge in [0.15, 0.2) is 11.5 Å². The van der Waals surface area contributed by atoms with Gasteiger partial charge in [0.1, 0.15) is 5.82 Å². The van der Waals surface area contributed by atoms with Crippen LogP contribution in [0.25, 0.3) is 27.8 Å². The number of amides is 1. The second-order valence-corrected chi connectivity index (χ2v) is 7.69. The zero-order valence-corrected chi connectivity index (χ0v) is 16.8. The highest BCUT2D eigenvalue weighted by molar-refractivity contribution is 6.35. The number of ether oxygens (including phenoxy) is 1. The molecule has 5 rings (SSSR count). The van der Waals surface area contributed by atoms with E-state index in [1.54, 1.807) is 30.1 Å². The third-order valence-electron chi connectivity index (χ3n) is 5.76. The Hall–Kier alpha value is -3.04. The van der Waals surface area contributed by atoms with Crippen LogP contribution in [-0.2, 0) is 9.53 Å². The third kappa shape index (κ3) is 2.85. The molecule has 1 amide bonds. The summed E-state index contributed by atoms with van der Waals surface area (Å²) in [6.45, 7) is 0. The number of hydrogen-bond acceptors (Lipinski definition) is 5. The average molecular weight is 429 g/mol. The molecule has 3 aromatic heterocycles. The second kappa shape index (κ2) is 7.33. The monoisotopic (exact) mass is 428 g/mol. The van der Waals surface area contributed by atoms with Gasteiger partial charge in [0.2, 0.25) is 6.41 Å². The Labute approximate surface area is 175 Å². The van der Waals surface area contributed by atoms with Gasteiger partial charge in [0.05, 0.1) is 40.9 Å². The van der Waals surface area contributed by atoms with E-state index in [9.17, 15) is 4.79 Å². The molecule has 1 aliphatic rings. The van der Waals surface area contributed by atoms with Crippen LogP contribution in [0.2, 0.25) is 5.02 Å². The molecule has 0 saturated heterocycles. The Morgan fingerprint density at radius 3 is 3.03 bits per heavy atom. The quantitative estimate of drug-likeness (QED) is 0.469. The maximum Gasteiger partial charge on any atom is 0.212 e. The number of imidazole rings is 1. The first kappa shape index (κ1) is 19.0. The fraction of sp³-hybridized carbons (Fsp3) is 0.300. The molecular weight excluding hydrogens is 411 g/mol.